The van der Waals surface area contributed by atoms with Crippen molar-refractivity contribution in [2.45, 2.75) is 5.41 Å². The standard InChI is InChI=1S/C43H28N2O/c1-5-17-31-27(13-1)28-14-2-6-18-32(28)43(31)33-19-7-3-15-29(33)41-34(43)20-11-23-37(41)44-35-21-8-9-22-36(35)45-38-24-12-26-40-42(38)30-16-4-10-25-39(30)46-40/h1-26,44-45H. The van der Waals surface area contributed by atoms with Crippen LogP contribution in [0.25, 0.3) is 44.2 Å². The van der Waals surface area contributed by atoms with Crippen molar-refractivity contribution in [3.63, 3.8) is 0 Å². The van der Waals surface area contributed by atoms with E-state index in [1.165, 1.54) is 44.5 Å². The summed E-state index contributed by atoms with van der Waals surface area (Å²) in [4.78, 5) is 0. The average Bonchev–Trinajstić information content (AvgIpc) is 3.74. The number of rotatable bonds is 4. The molecule has 3 heteroatoms. The fourth-order valence-electron chi connectivity index (χ4n) is 8.12. The molecule has 10 rings (SSSR count). The lowest BCUT2D eigenvalue weighted by Crippen LogP contribution is -2.25. The molecule has 0 unspecified atom stereocenters. The van der Waals surface area contributed by atoms with Crippen molar-refractivity contribution < 1.29 is 4.42 Å². The summed E-state index contributed by atoms with van der Waals surface area (Å²) in [5.41, 5.74) is 16.0. The average molecular weight is 589 g/mol. The molecule has 7 aromatic carbocycles. The second-order valence-corrected chi connectivity index (χ2v) is 12.2. The Bertz CT molecular complexity index is 2460. The van der Waals surface area contributed by atoms with Gasteiger partial charge in [0.05, 0.1) is 27.9 Å². The predicted octanol–water partition coefficient (Wildman–Crippen LogP) is 11.4. The first-order chi connectivity index (χ1) is 22.8. The molecular weight excluding hydrogens is 560 g/mol. The fraction of sp³-hybridized carbons (Fsp3) is 0.0233. The smallest absolute Gasteiger partial charge is 0.137 e. The maximum Gasteiger partial charge on any atom is 0.137 e. The maximum atomic E-state index is 6.18. The van der Waals surface area contributed by atoms with E-state index >= 15 is 0 Å². The van der Waals surface area contributed by atoms with E-state index in [2.05, 4.69) is 144 Å². The topological polar surface area (TPSA) is 37.2 Å². The van der Waals surface area contributed by atoms with E-state index in [0.29, 0.717) is 0 Å². The summed E-state index contributed by atoms with van der Waals surface area (Å²) >= 11 is 0. The summed E-state index contributed by atoms with van der Waals surface area (Å²) in [6.07, 6.45) is 0. The van der Waals surface area contributed by atoms with Gasteiger partial charge in [0.15, 0.2) is 0 Å². The van der Waals surface area contributed by atoms with E-state index in [0.717, 1.165) is 44.7 Å². The Morgan fingerprint density at radius 2 is 0.848 bits per heavy atom. The van der Waals surface area contributed by atoms with Gasteiger partial charge in [0, 0.05) is 16.6 Å². The van der Waals surface area contributed by atoms with Gasteiger partial charge >= 0.3 is 0 Å². The van der Waals surface area contributed by atoms with Gasteiger partial charge in [0.2, 0.25) is 0 Å². The molecule has 0 saturated heterocycles. The number of furan rings is 1. The summed E-state index contributed by atoms with van der Waals surface area (Å²) in [5.74, 6) is 0. The fourth-order valence-corrected chi connectivity index (χ4v) is 8.12. The predicted molar refractivity (Wildman–Crippen MR) is 189 cm³/mol. The van der Waals surface area contributed by atoms with Gasteiger partial charge in [-0.05, 0) is 75.3 Å². The quantitative estimate of drug-likeness (QED) is 0.215. The summed E-state index contributed by atoms with van der Waals surface area (Å²) in [7, 11) is 0. The molecule has 216 valence electrons. The molecule has 0 fully saturated rings. The summed E-state index contributed by atoms with van der Waals surface area (Å²) in [6, 6.07) is 56.4. The van der Waals surface area contributed by atoms with Gasteiger partial charge in [0.1, 0.15) is 11.2 Å². The van der Waals surface area contributed by atoms with Crippen LogP contribution in [0.5, 0.6) is 0 Å². The zero-order valence-corrected chi connectivity index (χ0v) is 24.9. The SMILES string of the molecule is c1ccc(Nc2cccc3oc4ccccc4c23)c(Nc2cccc3c2-c2ccccc2C32c3ccccc3-c3ccccc32)c1. The van der Waals surface area contributed by atoms with Crippen molar-refractivity contribution >= 4 is 44.7 Å². The van der Waals surface area contributed by atoms with E-state index in [1.54, 1.807) is 0 Å². The lowest BCUT2D eigenvalue weighted by Gasteiger charge is -2.30. The molecular formula is C43H28N2O. The maximum absolute atomic E-state index is 6.18. The molecule has 46 heavy (non-hydrogen) atoms. The molecule has 0 amide bonds. The van der Waals surface area contributed by atoms with Crippen LogP contribution >= 0.6 is 0 Å². The Morgan fingerprint density at radius 1 is 0.370 bits per heavy atom. The third kappa shape index (κ3) is 3.32. The summed E-state index contributed by atoms with van der Waals surface area (Å²) < 4.78 is 6.18. The van der Waals surface area contributed by atoms with Gasteiger partial charge < -0.3 is 15.1 Å². The van der Waals surface area contributed by atoms with Crippen LogP contribution in [0.3, 0.4) is 0 Å². The minimum atomic E-state index is -0.368. The lowest BCUT2D eigenvalue weighted by atomic mass is 9.70. The highest BCUT2D eigenvalue weighted by molar-refractivity contribution is 6.12. The Hall–Kier alpha value is -6.06. The van der Waals surface area contributed by atoms with Crippen LogP contribution in [0.15, 0.2) is 162 Å². The van der Waals surface area contributed by atoms with Crippen LogP contribution in [0.4, 0.5) is 22.7 Å². The van der Waals surface area contributed by atoms with E-state index < -0.39 is 0 Å². The van der Waals surface area contributed by atoms with Crippen molar-refractivity contribution in [3.8, 4) is 22.3 Å². The van der Waals surface area contributed by atoms with Crippen LogP contribution in [-0.4, -0.2) is 0 Å². The van der Waals surface area contributed by atoms with Crippen molar-refractivity contribution in [1.82, 2.24) is 0 Å². The number of para-hydroxylation sites is 3. The van der Waals surface area contributed by atoms with Crippen LogP contribution in [-0.2, 0) is 5.41 Å². The number of hydrogen-bond acceptors (Lipinski definition) is 3. The van der Waals surface area contributed by atoms with E-state index in [9.17, 15) is 0 Å². The van der Waals surface area contributed by atoms with Gasteiger partial charge in [-0.2, -0.15) is 0 Å². The second-order valence-electron chi connectivity index (χ2n) is 12.2. The molecule has 0 radical (unpaired) electrons. The minimum absolute atomic E-state index is 0.368. The van der Waals surface area contributed by atoms with Crippen molar-refractivity contribution in [1.29, 1.82) is 0 Å². The molecule has 8 aromatic rings. The molecule has 0 bridgehead atoms. The van der Waals surface area contributed by atoms with E-state index in [4.69, 9.17) is 4.42 Å². The molecule has 3 nitrogen and oxygen atoms in total. The highest BCUT2D eigenvalue weighted by atomic mass is 16.3. The van der Waals surface area contributed by atoms with Crippen LogP contribution in [0, 0.1) is 0 Å². The zero-order valence-electron chi connectivity index (χ0n) is 24.9. The molecule has 1 heterocycles. The molecule has 0 saturated carbocycles. The molecule has 0 aliphatic heterocycles. The molecule has 2 aliphatic rings. The van der Waals surface area contributed by atoms with Crippen LogP contribution in [0.1, 0.15) is 22.3 Å². The number of benzene rings is 7. The van der Waals surface area contributed by atoms with Gasteiger partial charge in [-0.15, -0.1) is 0 Å². The first kappa shape index (κ1) is 25.3. The van der Waals surface area contributed by atoms with Crippen molar-refractivity contribution in [2.24, 2.45) is 0 Å². The zero-order chi connectivity index (χ0) is 30.2. The first-order valence-electron chi connectivity index (χ1n) is 15.8. The van der Waals surface area contributed by atoms with Gasteiger partial charge in [-0.3, -0.25) is 0 Å². The highest BCUT2D eigenvalue weighted by Crippen LogP contribution is 2.63. The Labute approximate surface area is 266 Å². The van der Waals surface area contributed by atoms with Crippen molar-refractivity contribution in [2.75, 3.05) is 10.6 Å². The Kier molecular flexibility index (Phi) is 5.20. The first-order valence-corrected chi connectivity index (χ1v) is 15.8. The molecule has 1 aromatic heterocycles. The molecule has 1 spiro atoms. The number of anilines is 4. The molecule has 2 aliphatic carbocycles. The number of nitrogens with one attached hydrogen (secondary N) is 2. The monoisotopic (exact) mass is 588 g/mol. The van der Waals surface area contributed by atoms with Gasteiger partial charge in [-0.1, -0.05) is 121 Å². The second kappa shape index (κ2) is 9.47. The summed E-state index contributed by atoms with van der Waals surface area (Å²) in [6.45, 7) is 0. The van der Waals surface area contributed by atoms with Crippen LogP contribution in [0.2, 0.25) is 0 Å². The van der Waals surface area contributed by atoms with Gasteiger partial charge in [-0.25, -0.2) is 0 Å². The van der Waals surface area contributed by atoms with E-state index in [-0.39, 0.29) is 5.41 Å². The third-order valence-corrected chi connectivity index (χ3v) is 9.89. The molecule has 2 N–H and O–H groups in total. The van der Waals surface area contributed by atoms with Crippen molar-refractivity contribution in [3.05, 3.63) is 180 Å². The van der Waals surface area contributed by atoms with Gasteiger partial charge in [0.25, 0.3) is 0 Å². The lowest BCUT2D eigenvalue weighted by molar-refractivity contribution is 0.669. The Morgan fingerprint density at radius 3 is 1.59 bits per heavy atom. The normalized spacial score (nSPS) is 13.4. The summed E-state index contributed by atoms with van der Waals surface area (Å²) in [5, 5.41) is 9.82. The largest absolute Gasteiger partial charge is 0.456 e. The molecule has 0 atom stereocenters. The minimum Gasteiger partial charge on any atom is -0.456 e. The van der Waals surface area contributed by atoms with Crippen LogP contribution < -0.4 is 10.6 Å². The number of hydrogen-bond donors (Lipinski definition) is 2. The Balaban J connectivity index is 1.14. The highest BCUT2D eigenvalue weighted by Gasteiger charge is 2.51. The third-order valence-electron chi connectivity index (χ3n) is 9.89. The number of fused-ring (bicyclic) bond motifs is 13. The van der Waals surface area contributed by atoms with E-state index in [1.807, 2.05) is 24.3 Å².